The fourth-order valence-corrected chi connectivity index (χ4v) is 1.93. The molecule has 1 atom stereocenters. The van der Waals surface area contributed by atoms with Gasteiger partial charge >= 0.3 is 0 Å². The van der Waals surface area contributed by atoms with Gasteiger partial charge in [-0.05, 0) is 35.8 Å². The van der Waals surface area contributed by atoms with E-state index in [1.54, 1.807) is 12.1 Å². The maximum atomic E-state index is 10.6. The van der Waals surface area contributed by atoms with Crippen LogP contribution in [0.15, 0.2) is 60.2 Å². The minimum Gasteiger partial charge on any atom is -0.384 e. The predicted molar refractivity (Wildman–Crippen MR) is 78.1 cm³/mol. The van der Waals surface area contributed by atoms with Crippen molar-refractivity contribution in [2.24, 2.45) is 0 Å². The van der Waals surface area contributed by atoms with Gasteiger partial charge in [-0.2, -0.15) is 0 Å². The summed E-state index contributed by atoms with van der Waals surface area (Å²) in [6.45, 7) is 1.83. The molecule has 0 aromatic heterocycles. The van der Waals surface area contributed by atoms with E-state index in [9.17, 15) is 15.2 Å². The largest absolute Gasteiger partial charge is 0.384 e. The summed E-state index contributed by atoms with van der Waals surface area (Å²) >= 11 is 0. The van der Waals surface area contributed by atoms with Crippen LogP contribution < -0.4 is 0 Å². The number of nitro groups is 1. The summed E-state index contributed by atoms with van der Waals surface area (Å²) in [5, 5.41) is 20.8. The van der Waals surface area contributed by atoms with Crippen LogP contribution in [0.25, 0.3) is 6.08 Å². The number of nitrogens with zero attached hydrogens (tertiary/aromatic N) is 1. The molecule has 1 unspecified atom stereocenters. The van der Waals surface area contributed by atoms with Gasteiger partial charge in [0.15, 0.2) is 0 Å². The Morgan fingerprint density at radius 1 is 1.15 bits per heavy atom. The molecule has 2 aromatic carbocycles. The molecule has 0 bridgehead atoms. The first kappa shape index (κ1) is 14.0. The van der Waals surface area contributed by atoms with Gasteiger partial charge in [-0.3, -0.25) is 10.1 Å². The number of aliphatic hydroxyl groups excluding tert-OH is 1. The van der Waals surface area contributed by atoms with E-state index in [0.29, 0.717) is 0 Å². The fourth-order valence-electron chi connectivity index (χ4n) is 1.93. The van der Waals surface area contributed by atoms with E-state index in [4.69, 9.17) is 0 Å². The van der Waals surface area contributed by atoms with Crippen LogP contribution >= 0.6 is 0 Å². The van der Waals surface area contributed by atoms with E-state index in [2.05, 4.69) is 0 Å². The Bertz CT molecular complexity index is 618. The van der Waals surface area contributed by atoms with Crippen molar-refractivity contribution in [3.63, 3.8) is 0 Å². The first-order valence-electron chi connectivity index (χ1n) is 6.23. The van der Waals surface area contributed by atoms with Crippen LogP contribution in [0.1, 0.15) is 24.2 Å². The Balaban J connectivity index is 2.19. The maximum Gasteiger partial charge on any atom is 0.269 e. The number of hydrogen-bond acceptors (Lipinski definition) is 3. The Morgan fingerprint density at radius 3 is 2.30 bits per heavy atom. The Morgan fingerprint density at radius 2 is 1.75 bits per heavy atom. The summed E-state index contributed by atoms with van der Waals surface area (Å²) in [6, 6.07) is 15.6. The molecule has 0 amide bonds. The van der Waals surface area contributed by atoms with Crippen LogP contribution in [0.4, 0.5) is 5.69 Å². The standard InChI is InChI=1S/C16H15NO3/c1-12(16(18)14-5-3-2-4-6-14)11-13-7-9-15(10-8-13)17(19)20/h2-11,16,18H,1H3/b12-11+. The molecule has 0 saturated heterocycles. The summed E-state index contributed by atoms with van der Waals surface area (Å²) in [6.07, 6.45) is 1.15. The van der Waals surface area contributed by atoms with Crippen molar-refractivity contribution in [2.75, 3.05) is 0 Å². The van der Waals surface area contributed by atoms with Gasteiger partial charge in [0.25, 0.3) is 5.69 Å². The van der Waals surface area contributed by atoms with Crippen molar-refractivity contribution in [3.8, 4) is 0 Å². The molecule has 0 aliphatic carbocycles. The third kappa shape index (κ3) is 3.30. The zero-order valence-electron chi connectivity index (χ0n) is 11.1. The molecule has 0 aliphatic rings. The summed E-state index contributed by atoms with van der Waals surface area (Å²) in [7, 11) is 0. The topological polar surface area (TPSA) is 63.4 Å². The second-order valence-corrected chi connectivity index (χ2v) is 4.55. The van der Waals surface area contributed by atoms with E-state index >= 15 is 0 Å². The van der Waals surface area contributed by atoms with E-state index < -0.39 is 11.0 Å². The molecule has 2 aromatic rings. The van der Waals surface area contributed by atoms with Crippen molar-refractivity contribution in [1.82, 2.24) is 0 Å². The summed E-state index contributed by atoms with van der Waals surface area (Å²) < 4.78 is 0. The van der Waals surface area contributed by atoms with Crippen molar-refractivity contribution in [1.29, 1.82) is 0 Å². The smallest absolute Gasteiger partial charge is 0.269 e. The van der Waals surface area contributed by atoms with Gasteiger partial charge in [0, 0.05) is 12.1 Å². The molecule has 20 heavy (non-hydrogen) atoms. The second-order valence-electron chi connectivity index (χ2n) is 4.55. The normalized spacial score (nSPS) is 13.0. The molecule has 1 N–H and O–H groups in total. The molecule has 0 heterocycles. The van der Waals surface area contributed by atoms with Crippen LogP contribution in [-0.2, 0) is 0 Å². The SMILES string of the molecule is C/C(=C\c1ccc([N+](=O)[O-])cc1)C(O)c1ccccc1. The van der Waals surface area contributed by atoms with Crippen molar-refractivity contribution < 1.29 is 10.0 Å². The van der Waals surface area contributed by atoms with Crippen molar-refractivity contribution in [2.45, 2.75) is 13.0 Å². The molecule has 0 spiro atoms. The molecular formula is C16H15NO3. The highest BCUT2D eigenvalue weighted by atomic mass is 16.6. The molecule has 0 aliphatic heterocycles. The van der Waals surface area contributed by atoms with E-state index in [1.807, 2.05) is 43.3 Å². The number of rotatable bonds is 4. The lowest BCUT2D eigenvalue weighted by atomic mass is 10.0. The van der Waals surface area contributed by atoms with Gasteiger partial charge in [-0.15, -0.1) is 0 Å². The van der Waals surface area contributed by atoms with Crippen molar-refractivity contribution >= 4 is 11.8 Å². The van der Waals surface area contributed by atoms with Gasteiger partial charge in [0.1, 0.15) is 6.10 Å². The van der Waals surface area contributed by atoms with Gasteiger partial charge < -0.3 is 5.11 Å². The Hall–Kier alpha value is -2.46. The van der Waals surface area contributed by atoms with E-state index in [1.165, 1.54) is 12.1 Å². The average Bonchev–Trinajstić information content (AvgIpc) is 2.48. The molecule has 4 heteroatoms. The fraction of sp³-hybridized carbons (Fsp3) is 0.125. The molecule has 2 rings (SSSR count). The summed E-state index contributed by atoms with van der Waals surface area (Å²) in [5.74, 6) is 0. The van der Waals surface area contributed by atoms with Crippen LogP contribution in [0.5, 0.6) is 0 Å². The van der Waals surface area contributed by atoms with Crippen LogP contribution in [0, 0.1) is 10.1 Å². The second kappa shape index (κ2) is 6.12. The van der Waals surface area contributed by atoms with E-state index in [-0.39, 0.29) is 5.69 Å². The van der Waals surface area contributed by atoms with E-state index in [0.717, 1.165) is 16.7 Å². The number of non-ortho nitro benzene ring substituents is 1. The van der Waals surface area contributed by atoms with Crippen molar-refractivity contribution in [3.05, 3.63) is 81.4 Å². The Labute approximate surface area is 117 Å². The molecular weight excluding hydrogens is 254 g/mol. The highest BCUT2D eigenvalue weighted by molar-refractivity contribution is 5.55. The third-order valence-corrected chi connectivity index (χ3v) is 3.04. The lowest BCUT2D eigenvalue weighted by molar-refractivity contribution is -0.384. The molecule has 102 valence electrons. The van der Waals surface area contributed by atoms with Gasteiger partial charge in [0.05, 0.1) is 4.92 Å². The van der Waals surface area contributed by atoms with Gasteiger partial charge in [-0.25, -0.2) is 0 Å². The number of hydrogen-bond donors (Lipinski definition) is 1. The lowest BCUT2D eigenvalue weighted by Crippen LogP contribution is -1.98. The maximum absolute atomic E-state index is 10.6. The summed E-state index contributed by atoms with van der Waals surface area (Å²) in [4.78, 5) is 10.1. The quantitative estimate of drug-likeness (QED) is 0.679. The minimum atomic E-state index is -0.675. The number of nitro benzene ring substituents is 1. The highest BCUT2D eigenvalue weighted by Crippen LogP contribution is 2.23. The lowest BCUT2D eigenvalue weighted by Gasteiger charge is -2.11. The third-order valence-electron chi connectivity index (χ3n) is 3.04. The van der Waals surface area contributed by atoms with Crippen LogP contribution in [0.3, 0.4) is 0 Å². The first-order chi connectivity index (χ1) is 9.58. The highest BCUT2D eigenvalue weighted by Gasteiger charge is 2.09. The molecule has 0 saturated carbocycles. The van der Waals surface area contributed by atoms with Gasteiger partial charge in [-0.1, -0.05) is 36.4 Å². The predicted octanol–water partition coefficient (Wildman–Crippen LogP) is 3.73. The minimum absolute atomic E-state index is 0.0587. The van der Waals surface area contributed by atoms with Crippen LogP contribution in [0.2, 0.25) is 0 Å². The van der Waals surface area contributed by atoms with Gasteiger partial charge in [0.2, 0.25) is 0 Å². The Kier molecular flexibility index (Phi) is 4.27. The summed E-state index contributed by atoms with van der Waals surface area (Å²) in [5.41, 5.74) is 2.49. The molecule has 0 fully saturated rings. The molecule has 4 nitrogen and oxygen atoms in total. The average molecular weight is 269 g/mol. The molecule has 0 radical (unpaired) electrons. The first-order valence-corrected chi connectivity index (χ1v) is 6.23. The number of benzene rings is 2. The number of aliphatic hydroxyl groups is 1. The zero-order valence-corrected chi connectivity index (χ0v) is 11.1. The van der Waals surface area contributed by atoms with Crippen LogP contribution in [-0.4, -0.2) is 10.0 Å². The monoisotopic (exact) mass is 269 g/mol. The zero-order chi connectivity index (χ0) is 14.5.